The van der Waals surface area contributed by atoms with Crippen LogP contribution >= 0.6 is 27.3 Å². The Balaban J connectivity index is 2.39. The molecule has 0 bridgehead atoms. The summed E-state index contributed by atoms with van der Waals surface area (Å²) in [4.78, 5) is 1.39. The van der Waals surface area contributed by atoms with Crippen molar-refractivity contribution in [3.63, 3.8) is 0 Å². The van der Waals surface area contributed by atoms with Crippen molar-refractivity contribution in [2.45, 2.75) is 33.2 Å². The number of hydrogen-bond acceptors (Lipinski definition) is 2. The van der Waals surface area contributed by atoms with Gasteiger partial charge in [0.1, 0.15) is 0 Å². The van der Waals surface area contributed by atoms with E-state index in [0.29, 0.717) is 6.04 Å². The molecule has 3 heteroatoms. The lowest BCUT2D eigenvalue weighted by Gasteiger charge is -2.20. The number of rotatable bonds is 5. The second-order valence-corrected chi connectivity index (χ2v) is 6.92. The average molecular weight is 338 g/mol. The smallest absolute Gasteiger partial charge is 0.0588 e. The Labute approximate surface area is 128 Å². The first-order valence-electron chi connectivity index (χ1n) is 6.66. The van der Waals surface area contributed by atoms with E-state index in [1.54, 1.807) is 0 Å². The van der Waals surface area contributed by atoms with Crippen LogP contribution in [0.15, 0.2) is 34.1 Å². The summed E-state index contributed by atoms with van der Waals surface area (Å²) < 4.78 is 1.15. The maximum Gasteiger partial charge on any atom is 0.0588 e. The zero-order chi connectivity index (χ0) is 13.8. The first-order chi connectivity index (χ1) is 9.11. The lowest BCUT2D eigenvalue weighted by molar-refractivity contribution is 0.597. The predicted molar refractivity (Wildman–Crippen MR) is 88.1 cm³/mol. The Morgan fingerprint density at radius 3 is 2.63 bits per heavy atom. The third-order valence-corrected chi connectivity index (χ3v) is 4.53. The van der Waals surface area contributed by atoms with Crippen molar-refractivity contribution in [3.05, 3.63) is 55.7 Å². The maximum absolute atomic E-state index is 3.67. The number of aryl methyl sites for hydroxylation is 2. The number of nitrogens with one attached hydrogen (secondary N) is 1. The normalized spacial score (nSPS) is 12.6. The van der Waals surface area contributed by atoms with Crippen LogP contribution in [0.5, 0.6) is 0 Å². The highest BCUT2D eigenvalue weighted by Gasteiger charge is 2.16. The molecule has 1 atom stereocenters. The molecule has 0 spiro atoms. The van der Waals surface area contributed by atoms with Crippen LogP contribution in [0.25, 0.3) is 0 Å². The fraction of sp³-hybridized carbons (Fsp3) is 0.375. The summed E-state index contributed by atoms with van der Waals surface area (Å²) in [5, 5.41) is 5.85. The molecule has 0 radical (unpaired) electrons. The molecule has 1 heterocycles. The van der Waals surface area contributed by atoms with E-state index in [1.807, 2.05) is 11.3 Å². The van der Waals surface area contributed by atoms with Gasteiger partial charge in [0.2, 0.25) is 0 Å². The van der Waals surface area contributed by atoms with Gasteiger partial charge in [0, 0.05) is 9.35 Å². The summed E-state index contributed by atoms with van der Waals surface area (Å²) in [7, 11) is 0. The second-order valence-electron chi connectivity index (χ2n) is 4.88. The largest absolute Gasteiger partial charge is 0.306 e. The summed E-state index contributed by atoms with van der Waals surface area (Å²) in [6.07, 6.45) is 1.15. The van der Waals surface area contributed by atoms with Crippen molar-refractivity contribution < 1.29 is 0 Å². The molecule has 0 saturated heterocycles. The molecule has 0 amide bonds. The minimum absolute atomic E-state index is 0.294. The van der Waals surface area contributed by atoms with Crippen molar-refractivity contribution in [2.24, 2.45) is 0 Å². The van der Waals surface area contributed by atoms with E-state index >= 15 is 0 Å². The van der Waals surface area contributed by atoms with Crippen LogP contribution < -0.4 is 5.32 Å². The standard InChI is InChI=1S/C16H20BrNS/c1-4-6-18-16(15-5-7-19-12(15)3)13-8-11(2)9-14(17)10-13/h5,7-10,16,18H,4,6H2,1-3H3. The third-order valence-electron chi connectivity index (χ3n) is 3.21. The predicted octanol–water partition coefficient (Wildman–Crippen LogP) is 5.22. The van der Waals surface area contributed by atoms with Gasteiger partial charge in [0.15, 0.2) is 0 Å². The molecule has 0 aliphatic heterocycles. The third kappa shape index (κ3) is 3.68. The fourth-order valence-electron chi connectivity index (χ4n) is 2.32. The van der Waals surface area contributed by atoms with Crippen molar-refractivity contribution >= 4 is 27.3 Å². The van der Waals surface area contributed by atoms with Gasteiger partial charge in [-0.05, 0) is 67.1 Å². The highest BCUT2D eigenvalue weighted by molar-refractivity contribution is 9.10. The van der Waals surface area contributed by atoms with E-state index in [-0.39, 0.29) is 0 Å². The summed E-state index contributed by atoms with van der Waals surface area (Å²) in [5.41, 5.74) is 4.03. The van der Waals surface area contributed by atoms with E-state index in [4.69, 9.17) is 0 Å². The number of hydrogen-bond donors (Lipinski definition) is 1. The lowest BCUT2D eigenvalue weighted by atomic mass is 9.98. The summed E-state index contributed by atoms with van der Waals surface area (Å²) >= 11 is 5.42. The Kier molecular flexibility index (Phi) is 5.20. The zero-order valence-corrected chi connectivity index (χ0v) is 14.1. The van der Waals surface area contributed by atoms with Gasteiger partial charge >= 0.3 is 0 Å². The minimum Gasteiger partial charge on any atom is -0.306 e. The molecule has 1 N–H and O–H groups in total. The summed E-state index contributed by atoms with van der Waals surface area (Å²) in [5.74, 6) is 0. The molecule has 0 saturated carbocycles. The molecular formula is C16H20BrNS. The molecule has 1 aromatic heterocycles. The van der Waals surface area contributed by atoms with Crippen LogP contribution in [0.2, 0.25) is 0 Å². The lowest BCUT2D eigenvalue weighted by Crippen LogP contribution is -2.23. The Hall–Kier alpha value is -0.640. The van der Waals surface area contributed by atoms with Crippen molar-refractivity contribution in [1.29, 1.82) is 0 Å². The molecule has 1 unspecified atom stereocenters. The monoisotopic (exact) mass is 337 g/mol. The minimum atomic E-state index is 0.294. The molecular weight excluding hydrogens is 318 g/mol. The van der Waals surface area contributed by atoms with Gasteiger partial charge in [-0.2, -0.15) is 0 Å². The van der Waals surface area contributed by atoms with Crippen LogP contribution in [-0.2, 0) is 0 Å². The molecule has 1 nitrogen and oxygen atoms in total. The Bertz CT molecular complexity index is 527. The van der Waals surface area contributed by atoms with Crippen LogP contribution in [0.1, 0.15) is 41.0 Å². The molecule has 0 aliphatic rings. The first kappa shape index (κ1) is 14.8. The van der Waals surface area contributed by atoms with Gasteiger partial charge in [-0.3, -0.25) is 0 Å². The topological polar surface area (TPSA) is 12.0 Å². The average Bonchev–Trinajstić information content (AvgIpc) is 2.75. The van der Waals surface area contributed by atoms with E-state index < -0.39 is 0 Å². The summed E-state index contributed by atoms with van der Waals surface area (Å²) in [6, 6.07) is 9.18. The molecule has 1 aromatic carbocycles. The van der Waals surface area contributed by atoms with Gasteiger partial charge < -0.3 is 5.32 Å². The van der Waals surface area contributed by atoms with Gasteiger partial charge in [-0.15, -0.1) is 11.3 Å². The maximum atomic E-state index is 3.67. The van der Waals surface area contributed by atoms with Crippen LogP contribution in [0.3, 0.4) is 0 Å². The highest BCUT2D eigenvalue weighted by Crippen LogP contribution is 2.30. The van der Waals surface area contributed by atoms with Crippen molar-refractivity contribution in [1.82, 2.24) is 5.32 Å². The number of thiophene rings is 1. The fourth-order valence-corrected chi connectivity index (χ4v) is 3.69. The SMILES string of the molecule is CCCNC(c1cc(C)cc(Br)c1)c1ccsc1C. The Morgan fingerprint density at radius 2 is 2.05 bits per heavy atom. The Morgan fingerprint density at radius 1 is 1.26 bits per heavy atom. The van der Waals surface area contributed by atoms with Crippen LogP contribution in [0, 0.1) is 13.8 Å². The van der Waals surface area contributed by atoms with Gasteiger partial charge in [-0.25, -0.2) is 0 Å². The highest BCUT2D eigenvalue weighted by atomic mass is 79.9. The molecule has 0 fully saturated rings. The second kappa shape index (κ2) is 6.69. The van der Waals surface area contributed by atoms with E-state index in [0.717, 1.165) is 17.4 Å². The summed E-state index contributed by atoms with van der Waals surface area (Å²) in [6.45, 7) is 7.58. The van der Waals surface area contributed by atoms with Gasteiger partial charge in [0.25, 0.3) is 0 Å². The zero-order valence-electron chi connectivity index (χ0n) is 11.7. The van der Waals surface area contributed by atoms with Gasteiger partial charge in [-0.1, -0.05) is 28.9 Å². The van der Waals surface area contributed by atoms with Gasteiger partial charge in [0.05, 0.1) is 6.04 Å². The van der Waals surface area contributed by atoms with Crippen LogP contribution in [-0.4, -0.2) is 6.54 Å². The number of benzene rings is 1. The molecule has 0 aliphatic carbocycles. The molecule has 19 heavy (non-hydrogen) atoms. The molecule has 2 aromatic rings. The van der Waals surface area contributed by atoms with Crippen molar-refractivity contribution in [3.8, 4) is 0 Å². The van der Waals surface area contributed by atoms with E-state index in [2.05, 4.69) is 71.7 Å². The first-order valence-corrected chi connectivity index (χ1v) is 8.33. The molecule has 102 valence electrons. The van der Waals surface area contributed by atoms with E-state index in [1.165, 1.54) is 21.6 Å². The quantitative estimate of drug-likeness (QED) is 0.788. The van der Waals surface area contributed by atoms with Crippen LogP contribution in [0.4, 0.5) is 0 Å². The number of halogens is 1. The van der Waals surface area contributed by atoms with E-state index in [9.17, 15) is 0 Å². The molecule has 2 rings (SSSR count). The van der Waals surface area contributed by atoms with Crippen molar-refractivity contribution in [2.75, 3.05) is 6.54 Å².